The van der Waals surface area contributed by atoms with Crippen molar-refractivity contribution in [3.8, 4) is 0 Å². The summed E-state index contributed by atoms with van der Waals surface area (Å²) in [5, 5.41) is 43.5. The molecule has 10 nitrogen and oxygen atoms in total. The van der Waals surface area contributed by atoms with Crippen molar-refractivity contribution < 1.29 is 49.6 Å². The maximum atomic E-state index is 9.90. The van der Waals surface area contributed by atoms with E-state index in [1.54, 1.807) is 0 Å². The zero-order valence-corrected chi connectivity index (χ0v) is 12.2. The third kappa shape index (κ3) is 14.9. The molecule has 0 saturated heterocycles. The molecule has 104 valence electrons. The fourth-order valence-corrected chi connectivity index (χ4v) is 0.618. The Morgan fingerprint density at radius 2 is 1.44 bits per heavy atom. The summed E-state index contributed by atoms with van der Waals surface area (Å²) >= 11 is 0. The number of aliphatic hydroxyl groups is 5. The SMILES string of the molecule is O=C[C@H](O)[C@@H](O)[C@H](O)[C@H](O)CO.O=P([O-])([O-])O.[Ca+2]. The van der Waals surface area contributed by atoms with Crippen LogP contribution in [0.4, 0.5) is 0 Å². The smallest absolute Gasteiger partial charge is 0.790 e. The third-order valence-corrected chi connectivity index (χ3v) is 1.42. The number of phosphoric acid groups is 1. The maximum absolute atomic E-state index is 9.90. The first-order valence-electron chi connectivity index (χ1n) is 4.07. The molecule has 0 aliphatic heterocycles. The summed E-state index contributed by atoms with van der Waals surface area (Å²) in [6.07, 6.45) is -6.84. The Bertz CT molecular complexity index is 248. The molecule has 0 aromatic carbocycles. The van der Waals surface area contributed by atoms with E-state index in [9.17, 15) is 4.79 Å². The van der Waals surface area contributed by atoms with E-state index < -0.39 is 38.8 Å². The van der Waals surface area contributed by atoms with Gasteiger partial charge in [0.2, 0.25) is 0 Å². The van der Waals surface area contributed by atoms with Crippen molar-refractivity contribution in [2.45, 2.75) is 24.4 Å². The molecule has 0 bridgehead atoms. The second kappa shape index (κ2) is 11.6. The molecule has 0 aliphatic carbocycles. The predicted octanol–water partition coefficient (Wildman–Crippen LogP) is -5.95. The van der Waals surface area contributed by atoms with Crippen molar-refractivity contribution in [3.05, 3.63) is 0 Å². The molecule has 0 rings (SSSR count). The molecule has 0 heterocycles. The Morgan fingerprint density at radius 3 is 1.67 bits per heavy atom. The zero-order chi connectivity index (χ0) is 14.2. The first-order valence-corrected chi connectivity index (χ1v) is 5.57. The van der Waals surface area contributed by atoms with Gasteiger partial charge in [-0.2, -0.15) is 0 Å². The largest absolute Gasteiger partial charge is 2.00 e. The van der Waals surface area contributed by atoms with Gasteiger partial charge in [0.1, 0.15) is 24.4 Å². The molecule has 0 aromatic heterocycles. The van der Waals surface area contributed by atoms with Crippen LogP contribution < -0.4 is 9.79 Å². The van der Waals surface area contributed by atoms with Crippen LogP contribution in [0.15, 0.2) is 0 Å². The molecule has 18 heavy (non-hydrogen) atoms. The number of carbonyl (C=O) groups is 1. The second-order valence-corrected chi connectivity index (χ2v) is 3.76. The van der Waals surface area contributed by atoms with E-state index >= 15 is 0 Å². The summed E-state index contributed by atoms with van der Waals surface area (Å²) < 4.78 is 8.66. The molecule has 0 aromatic rings. The zero-order valence-electron chi connectivity index (χ0n) is 9.06. The van der Waals surface area contributed by atoms with Crippen molar-refractivity contribution in [3.63, 3.8) is 0 Å². The van der Waals surface area contributed by atoms with Gasteiger partial charge in [0.05, 0.1) is 14.4 Å². The van der Waals surface area contributed by atoms with E-state index in [1.807, 2.05) is 0 Å². The number of rotatable bonds is 5. The van der Waals surface area contributed by atoms with E-state index in [0.717, 1.165) is 0 Å². The van der Waals surface area contributed by atoms with Gasteiger partial charge < -0.3 is 49.6 Å². The van der Waals surface area contributed by atoms with Crippen molar-refractivity contribution in [2.75, 3.05) is 6.61 Å². The number of aliphatic hydroxyl groups excluding tert-OH is 5. The van der Waals surface area contributed by atoms with Crippen LogP contribution in [0.5, 0.6) is 0 Å². The fourth-order valence-electron chi connectivity index (χ4n) is 0.618. The Morgan fingerprint density at radius 1 is 1.11 bits per heavy atom. The van der Waals surface area contributed by atoms with Crippen LogP contribution in [0.1, 0.15) is 0 Å². The molecule has 0 amide bonds. The fraction of sp³-hybridized carbons (Fsp3) is 0.833. The van der Waals surface area contributed by atoms with E-state index in [4.69, 9.17) is 44.8 Å². The van der Waals surface area contributed by atoms with Gasteiger partial charge in [-0.25, -0.2) is 0 Å². The van der Waals surface area contributed by atoms with E-state index in [-0.39, 0.29) is 44.0 Å². The van der Waals surface area contributed by atoms with Gasteiger partial charge in [-0.05, 0) is 0 Å². The Balaban J connectivity index is -0.000000321. The molecule has 0 fully saturated rings. The summed E-state index contributed by atoms with van der Waals surface area (Å²) in [4.78, 5) is 34.2. The molecule has 0 spiro atoms. The van der Waals surface area contributed by atoms with Crippen molar-refractivity contribution in [1.29, 1.82) is 0 Å². The van der Waals surface area contributed by atoms with Gasteiger partial charge in [0.25, 0.3) is 0 Å². The van der Waals surface area contributed by atoms with Crippen LogP contribution in [0.2, 0.25) is 0 Å². The van der Waals surface area contributed by atoms with Gasteiger partial charge >= 0.3 is 37.7 Å². The number of aldehydes is 1. The summed E-state index contributed by atoms with van der Waals surface area (Å²) in [6, 6.07) is 0. The summed E-state index contributed by atoms with van der Waals surface area (Å²) in [6.45, 7) is -0.760. The molecule has 0 radical (unpaired) electrons. The van der Waals surface area contributed by atoms with Crippen molar-refractivity contribution in [2.24, 2.45) is 0 Å². The summed E-state index contributed by atoms with van der Waals surface area (Å²) in [5.74, 6) is 0. The average Bonchev–Trinajstić information content (AvgIpc) is 2.22. The third-order valence-electron chi connectivity index (χ3n) is 1.42. The maximum Gasteiger partial charge on any atom is 2.00 e. The minimum atomic E-state index is -5.14. The molecular formula is C6H13CaO10P. The van der Waals surface area contributed by atoms with Crippen LogP contribution in [0.25, 0.3) is 0 Å². The van der Waals surface area contributed by atoms with Gasteiger partial charge in [-0.3, -0.25) is 0 Å². The van der Waals surface area contributed by atoms with Crippen molar-refractivity contribution in [1.82, 2.24) is 0 Å². The molecule has 4 atom stereocenters. The first-order chi connectivity index (χ1) is 7.54. The normalized spacial score (nSPS) is 17.3. The van der Waals surface area contributed by atoms with Crippen molar-refractivity contribution >= 4 is 51.8 Å². The van der Waals surface area contributed by atoms with Gasteiger partial charge in [0, 0.05) is 0 Å². The van der Waals surface area contributed by atoms with Gasteiger partial charge in [-0.1, -0.05) is 0 Å². The molecule has 0 saturated carbocycles. The standard InChI is InChI=1S/C6H12O6.Ca.H3O4P/c7-1-3(9)5(11)6(12)4(10)2-8;;1-5(2,3)4/h1,3-6,8-12H,2H2;;(H3,1,2,3,4)/q;+2;/p-2/t3-,4+,5+,6+;;/m0../s1. The summed E-state index contributed by atoms with van der Waals surface area (Å²) in [5.41, 5.74) is 0. The Kier molecular flexibility index (Phi) is 15.5. The predicted molar refractivity (Wildman–Crippen MR) is 52.8 cm³/mol. The minimum absolute atomic E-state index is 0. The average molecular weight is 316 g/mol. The summed E-state index contributed by atoms with van der Waals surface area (Å²) in [7, 11) is -5.14. The monoisotopic (exact) mass is 316 g/mol. The molecule has 6 N–H and O–H groups in total. The number of hydrogen-bond donors (Lipinski definition) is 6. The van der Waals surface area contributed by atoms with Gasteiger partial charge in [0.15, 0.2) is 6.29 Å². The molecule has 0 aliphatic rings. The topological polar surface area (TPSA) is 202 Å². The van der Waals surface area contributed by atoms with Crippen LogP contribution >= 0.6 is 7.82 Å². The Labute approximate surface area is 132 Å². The first kappa shape index (κ1) is 23.9. The van der Waals surface area contributed by atoms with Gasteiger partial charge in [-0.15, -0.1) is 0 Å². The van der Waals surface area contributed by atoms with Crippen LogP contribution in [0, 0.1) is 0 Å². The van der Waals surface area contributed by atoms with E-state index in [1.165, 1.54) is 0 Å². The number of hydrogen-bond acceptors (Lipinski definition) is 9. The van der Waals surface area contributed by atoms with E-state index in [2.05, 4.69) is 0 Å². The molecule has 0 unspecified atom stereocenters. The van der Waals surface area contributed by atoms with E-state index in [0.29, 0.717) is 0 Å². The second-order valence-electron chi connectivity index (χ2n) is 2.83. The minimum Gasteiger partial charge on any atom is -0.790 e. The Hall–Kier alpha value is 0.840. The van der Waals surface area contributed by atoms with Crippen LogP contribution in [-0.4, -0.2) is 105 Å². The van der Waals surface area contributed by atoms with Crippen LogP contribution in [-0.2, 0) is 9.36 Å². The molecular weight excluding hydrogens is 303 g/mol. The van der Waals surface area contributed by atoms with Crippen LogP contribution in [0.3, 0.4) is 0 Å². The quantitative estimate of drug-likeness (QED) is 0.161. The molecule has 12 heteroatoms. The number of carbonyl (C=O) groups excluding carboxylic acids is 1.